The Morgan fingerprint density at radius 1 is 1.16 bits per heavy atom. The highest BCUT2D eigenvalue weighted by Crippen LogP contribution is 2.19. The van der Waals surface area contributed by atoms with Crippen LogP contribution in [0.4, 0.5) is 5.69 Å². The van der Waals surface area contributed by atoms with Gasteiger partial charge in [0, 0.05) is 25.7 Å². The van der Waals surface area contributed by atoms with Gasteiger partial charge < -0.3 is 14.5 Å². The summed E-state index contributed by atoms with van der Waals surface area (Å²) < 4.78 is 6.06. The number of ether oxygens (including phenoxy) is 1. The molecule has 0 amide bonds. The molecular formula is C14H24N2O2S. The molecule has 0 aliphatic carbocycles. The van der Waals surface area contributed by atoms with Gasteiger partial charge in [-0.1, -0.05) is 19.1 Å². The maximum Gasteiger partial charge on any atom is 0.203 e. The fourth-order valence-electron chi connectivity index (χ4n) is 2.08. The molecule has 0 bridgehead atoms. The first-order chi connectivity index (χ1) is 8.99. The van der Waals surface area contributed by atoms with Gasteiger partial charge in [0.25, 0.3) is 0 Å². The van der Waals surface area contributed by atoms with Crippen molar-refractivity contribution in [1.29, 1.82) is 0 Å². The summed E-state index contributed by atoms with van der Waals surface area (Å²) in [5.74, 6) is 0. The van der Waals surface area contributed by atoms with Crippen molar-refractivity contribution in [3.8, 4) is 0 Å². The van der Waals surface area contributed by atoms with Crippen LogP contribution in [-0.4, -0.2) is 51.8 Å². The smallest absolute Gasteiger partial charge is 0.203 e. The summed E-state index contributed by atoms with van der Waals surface area (Å²) in [4.78, 5) is 15.6. The van der Waals surface area contributed by atoms with Crippen LogP contribution in [0.25, 0.3) is 0 Å². The molecule has 0 radical (unpaired) electrons. The zero-order chi connectivity index (χ0) is 14.4. The molecule has 19 heavy (non-hydrogen) atoms. The molecule has 108 valence electrons. The van der Waals surface area contributed by atoms with Crippen LogP contribution < -0.4 is 10.3 Å². The normalized spacial score (nSPS) is 11.4. The number of hydrogen-bond acceptors (Lipinski definition) is 5. The number of nitrogens with zero attached hydrogens (tertiary/aromatic N) is 2. The lowest BCUT2D eigenvalue weighted by molar-refractivity contribution is 0.117. The zero-order valence-corrected chi connectivity index (χ0v) is 13.2. The lowest BCUT2D eigenvalue weighted by Gasteiger charge is -2.23. The van der Waals surface area contributed by atoms with Gasteiger partial charge in [-0.05, 0) is 26.9 Å². The van der Waals surface area contributed by atoms with Crippen LogP contribution in [-0.2, 0) is 4.74 Å². The topological polar surface area (TPSA) is 32.8 Å². The third kappa shape index (κ3) is 4.37. The van der Waals surface area contributed by atoms with E-state index in [0.717, 1.165) is 43.9 Å². The maximum absolute atomic E-state index is 11.3. The molecule has 0 aliphatic heterocycles. The molecule has 0 spiro atoms. The Morgan fingerprint density at radius 3 is 2.37 bits per heavy atom. The summed E-state index contributed by atoms with van der Waals surface area (Å²) in [5, 5.41) is 0. The number of likely N-dealkylation sites (N-methyl/N-ethyl adjacent to an activating group) is 2. The molecule has 0 aliphatic rings. The third-order valence-electron chi connectivity index (χ3n) is 3.29. The van der Waals surface area contributed by atoms with Crippen molar-refractivity contribution in [2.75, 3.05) is 51.8 Å². The van der Waals surface area contributed by atoms with E-state index >= 15 is 0 Å². The Kier molecular flexibility index (Phi) is 6.62. The quantitative estimate of drug-likeness (QED) is 0.510. The summed E-state index contributed by atoms with van der Waals surface area (Å²) >= 11 is 5.05. The van der Waals surface area contributed by atoms with Gasteiger partial charge >= 0.3 is 0 Å². The highest BCUT2D eigenvalue weighted by molar-refractivity contribution is 7.71. The number of hydrogen-bond donors (Lipinski definition) is 0. The summed E-state index contributed by atoms with van der Waals surface area (Å²) in [7, 11) is 4.05. The Bertz CT molecular complexity index is 466. The van der Waals surface area contributed by atoms with Crippen LogP contribution in [0.1, 0.15) is 18.9 Å². The fraction of sp³-hybridized carbons (Fsp3) is 0.714. The summed E-state index contributed by atoms with van der Waals surface area (Å²) in [6.07, 6.45) is 1.16. The fourth-order valence-corrected chi connectivity index (χ4v) is 2.54. The molecule has 0 N–H and O–H groups in total. The van der Waals surface area contributed by atoms with Gasteiger partial charge in [0.05, 0.1) is 18.9 Å². The molecule has 0 fully saturated rings. The monoisotopic (exact) mass is 284 g/mol. The minimum absolute atomic E-state index is 0.0129. The molecule has 0 unspecified atom stereocenters. The standard InChI is InChI=1S/C14H24N2O2S/c1-5-6-15(3)7-9-18-10-8-16(4)12-11(2)13(17)14(12)19/h5-10H2,1-4H3. The second kappa shape index (κ2) is 7.72. The van der Waals surface area contributed by atoms with Crippen LogP contribution in [0.3, 0.4) is 0 Å². The number of rotatable bonds is 9. The van der Waals surface area contributed by atoms with E-state index in [4.69, 9.17) is 17.0 Å². The molecule has 5 heteroatoms. The zero-order valence-electron chi connectivity index (χ0n) is 12.4. The van der Waals surface area contributed by atoms with Crippen LogP contribution >= 0.6 is 12.2 Å². The van der Waals surface area contributed by atoms with E-state index in [-0.39, 0.29) is 5.43 Å². The molecular weight excluding hydrogens is 260 g/mol. The molecule has 1 aromatic rings. The van der Waals surface area contributed by atoms with Crippen LogP contribution in [0.5, 0.6) is 0 Å². The lowest BCUT2D eigenvalue weighted by atomic mass is 10.1. The van der Waals surface area contributed by atoms with Gasteiger partial charge in [0.1, 0.15) is 4.51 Å². The highest BCUT2D eigenvalue weighted by Gasteiger charge is 2.16. The average Bonchev–Trinajstić information content (AvgIpc) is 2.38. The Balaban J connectivity index is 2.20. The second-order valence-electron chi connectivity index (χ2n) is 4.97. The van der Waals surface area contributed by atoms with E-state index in [0.29, 0.717) is 11.1 Å². The van der Waals surface area contributed by atoms with Crippen molar-refractivity contribution in [2.45, 2.75) is 20.3 Å². The average molecular weight is 284 g/mol. The SMILES string of the molecule is CCCN(C)CCOCCN(C)c1c(C)c(=O)c1=S. The molecule has 1 aromatic carbocycles. The van der Waals surface area contributed by atoms with Gasteiger partial charge in [-0.15, -0.1) is 0 Å². The summed E-state index contributed by atoms with van der Waals surface area (Å²) in [6, 6.07) is 0. The van der Waals surface area contributed by atoms with Gasteiger partial charge in [-0.25, -0.2) is 0 Å². The Labute approximate surface area is 120 Å². The largest absolute Gasteiger partial charge is 0.378 e. The molecule has 0 heterocycles. The Morgan fingerprint density at radius 2 is 1.79 bits per heavy atom. The first-order valence-electron chi connectivity index (χ1n) is 6.76. The van der Waals surface area contributed by atoms with Crippen molar-refractivity contribution in [1.82, 2.24) is 4.90 Å². The minimum atomic E-state index is 0.0129. The van der Waals surface area contributed by atoms with Crippen molar-refractivity contribution >= 4 is 17.9 Å². The molecule has 0 saturated carbocycles. The van der Waals surface area contributed by atoms with E-state index in [1.165, 1.54) is 0 Å². The minimum Gasteiger partial charge on any atom is -0.378 e. The summed E-state index contributed by atoms with van der Waals surface area (Å²) in [6.45, 7) is 8.21. The first-order valence-corrected chi connectivity index (χ1v) is 7.17. The lowest BCUT2D eigenvalue weighted by Crippen LogP contribution is -2.31. The van der Waals surface area contributed by atoms with E-state index in [1.54, 1.807) is 0 Å². The number of anilines is 1. The predicted octanol–water partition coefficient (Wildman–Crippen LogP) is 1.75. The van der Waals surface area contributed by atoms with Gasteiger partial charge in [-0.2, -0.15) is 0 Å². The van der Waals surface area contributed by atoms with Crippen molar-refractivity contribution in [2.24, 2.45) is 0 Å². The summed E-state index contributed by atoms with van der Waals surface area (Å²) in [5.41, 5.74) is 1.70. The third-order valence-corrected chi connectivity index (χ3v) is 3.67. The van der Waals surface area contributed by atoms with E-state index in [2.05, 4.69) is 18.9 Å². The molecule has 1 rings (SSSR count). The maximum atomic E-state index is 11.3. The van der Waals surface area contributed by atoms with Gasteiger partial charge in [0.2, 0.25) is 5.43 Å². The van der Waals surface area contributed by atoms with Crippen LogP contribution in [0.15, 0.2) is 4.79 Å². The molecule has 0 aromatic heterocycles. The highest BCUT2D eigenvalue weighted by atomic mass is 32.1. The Hall–Kier alpha value is -0.780. The van der Waals surface area contributed by atoms with Crippen LogP contribution in [0, 0.1) is 11.4 Å². The van der Waals surface area contributed by atoms with Crippen molar-refractivity contribution in [3.63, 3.8) is 0 Å². The second-order valence-corrected chi connectivity index (χ2v) is 5.38. The molecule has 4 nitrogen and oxygen atoms in total. The van der Waals surface area contributed by atoms with Crippen molar-refractivity contribution < 1.29 is 4.74 Å². The molecule has 0 atom stereocenters. The predicted molar refractivity (Wildman–Crippen MR) is 82.5 cm³/mol. The van der Waals surface area contributed by atoms with E-state index in [9.17, 15) is 4.79 Å². The van der Waals surface area contributed by atoms with E-state index < -0.39 is 0 Å². The van der Waals surface area contributed by atoms with Gasteiger partial charge in [0.15, 0.2) is 0 Å². The van der Waals surface area contributed by atoms with Crippen molar-refractivity contribution in [3.05, 3.63) is 20.3 Å². The molecule has 0 saturated heterocycles. The van der Waals surface area contributed by atoms with Crippen LogP contribution in [0.2, 0.25) is 0 Å². The first kappa shape index (κ1) is 16.3. The van der Waals surface area contributed by atoms with E-state index in [1.807, 2.05) is 18.9 Å². The van der Waals surface area contributed by atoms with Gasteiger partial charge in [-0.3, -0.25) is 4.79 Å².